The monoisotopic (exact) mass is 335 g/mol. The molecule has 0 bridgehead atoms. The standard InChI is InChI=1S/C18H29N3O3/c1-3-21-12-8-5-9-15(21)17(23)24-14(2)16(22)20-18(13-19)10-6-4-7-11-18/h14-15H,3-12H2,1-2H3,(H,20,22)/t14-,15+/m0/s1. The molecule has 2 atom stereocenters. The van der Waals surface area contributed by atoms with Gasteiger partial charge in [0, 0.05) is 0 Å². The zero-order valence-corrected chi connectivity index (χ0v) is 14.8. The van der Waals surface area contributed by atoms with Crippen molar-refractivity contribution in [1.29, 1.82) is 5.26 Å². The highest BCUT2D eigenvalue weighted by molar-refractivity contribution is 5.85. The first-order valence-electron chi connectivity index (χ1n) is 9.19. The topological polar surface area (TPSA) is 82.4 Å². The maximum Gasteiger partial charge on any atom is 0.324 e. The molecule has 2 aliphatic rings. The van der Waals surface area contributed by atoms with Crippen molar-refractivity contribution in [2.75, 3.05) is 13.1 Å². The Kier molecular flexibility index (Phi) is 6.61. The number of ether oxygens (including phenoxy) is 1. The summed E-state index contributed by atoms with van der Waals surface area (Å²) in [6, 6.07) is 2.00. The fourth-order valence-electron chi connectivity index (χ4n) is 3.70. The molecule has 1 saturated heterocycles. The zero-order valence-electron chi connectivity index (χ0n) is 14.8. The van der Waals surface area contributed by atoms with Gasteiger partial charge in [-0.2, -0.15) is 5.26 Å². The summed E-state index contributed by atoms with van der Waals surface area (Å²) in [5.74, 6) is -0.695. The average molecular weight is 335 g/mol. The van der Waals surface area contributed by atoms with E-state index < -0.39 is 11.6 Å². The summed E-state index contributed by atoms with van der Waals surface area (Å²) in [6.45, 7) is 5.31. The third-order valence-electron chi connectivity index (χ3n) is 5.24. The smallest absolute Gasteiger partial charge is 0.324 e. The second kappa shape index (κ2) is 8.48. The maximum atomic E-state index is 12.4. The molecule has 24 heavy (non-hydrogen) atoms. The highest BCUT2D eigenvalue weighted by Crippen LogP contribution is 2.27. The lowest BCUT2D eigenvalue weighted by molar-refractivity contribution is -0.161. The molecule has 0 radical (unpaired) electrons. The first-order chi connectivity index (χ1) is 11.5. The number of hydrogen-bond acceptors (Lipinski definition) is 5. The minimum Gasteiger partial charge on any atom is -0.451 e. The van der Waals surface area contributed by atoms with E-state index in [0.29, 0.717) is 12.8 Å². The lowest BCUT2D eigenvalue weighted by Gasteiger charge is -2.34. The summed E-state index contributed by atoms with van der Waals surface area (Å²) in [5.41, 5.74) is -0.795. The van der Waals surface area contributed by atoms with Gasteiger partial charge in [-0.15, -0.1) is 0 Å². The molecule has 6 heteroatoms. The summed E-state index contributed by atoms with van der Waals surface area (Å²) in [4.78, 5) is 26.9. The molecule has 0 aromatic rings. The number of carbonyl (C=O) groups excluding carboxylic acids is 2. The number of nitriles is 1. The van der Waals surface area contributed by atoms with Gasteiger partial charge < -0.3 is 10.1 Å². The van der Waals surface area contributed by atoms with Gasteiger partial charge in [-0.25, -0.2) is 0 Å². The summed E-state index contributed by atoms with van der Waals surface area (Å²) >= 11 is 0. The minimum atomic E-state index is -0.870. The molecule has 1 amide bonds. The highest BCUT2D eigenvalue weighted by atomic mass is 16.5. The number of nitrogens with one attached hydrogen (secondary N) is 1. The molecular weight excluding hydrogens is 306 g/mol. The van der Waals surface area contributed by atoms with Gasteiger partial charge in [0.05, 0.1) is 6.07 Å². The summed E-state index contributed by atoms with van der Waals surface area (Å²) in [6.07, 6.45) is 6.33. The maximum absolute atomic E-state index is 12.4. The van der Waals surface area contributed by atoms with Crippen molar-refractivity contribution < 1.29 is 14.3 Å². The Balaban J connectivity index is 1.90. The summed E-state index contributed by atoms with van der Waals surface area (Å²) in [7, 11) is 0. The van der Waals surface area contributed by atoms with Gasteiger partial charge >= 0.3 is 5.97 Å². The van der Waals surface area contributed by atoms with Gasteiger partial charge in [-0.1, -0.05) is 32.6 Å². The Morgan fingerprint density at radius 2 is 2.00 bits per heavy atom. The Hall–Kier alpha value is -1.61. The number of piperidine rings is 1. The number of rotatable bonds is 5. The van der Waals surface area contributed by atoms with Gasteiger partial charge in [0.2, 0.25) is 0 Å². The minimum absolute atomic E-state index is 0.251. The van der Waals surface area contributed by atoms with Crippen LogP contribution in [-0.2, 0) is 14.3 Å². The van der Waals surface area contributed by atoms with Crippen LogP contribution in [0.2, 0.25) is 0 Å². The van der Waals surface area contributed by atoms with E-state index in [2.05, 4.69) is 16.3 Å². The molecule has 1 N–H and O–H groups in total. The number of esters is 1. The van der Waals surface area contributed by atoms with E-state index in [0.717, 1.165) is 51.6 Å². The predicted octanol–water partition coefficient (Wildman–Crippen LogP) is 2.14. The zero-order chi connectivity index (χ0) is 17.6. The Labute approximate surface area is 144 Å². The van der Waals surface area contributed by atoms with E-state index in [1.807, 2.05) is 6.92 Å². The van der Waals surface area contributed by atoms with Crippen LogP contribution in [0, 0.1) is 11.3 Å². The lowest BCUT2D eigenvalue weighted by Crippen LogP contribution is -2.53. The fraction of sp³-hybridized carbons (Fsp3) is 0.833. The molecule has 6 nitrogen and oxygen atoms in total. The number of nitrogens with zero attached hydrogens (tertiary/aromatic N) is 2. The van der Waals surface area contributed by atoms with Crippen molar-refractivity contribution >= 4 is 11.9 Å². The Morgan fingerprint density at radius 3 is 2.62 bits per heavy atom. The predicted molar refractivity (Wildman–Crippen MR) is 90.0 cm³/mol. The molecule has 0 aromatic heterocycles. The second-order valence-corrected chi connectivity index (χ2v) is 6.96. The fourth-order valence-corrected chi connectivity index (χ4v) is 3.70. The Bertz CT molecular complexity index is 494. The van der Waals surface area contributed by atoms with Crippen LogP contribution in [0.1, 0.15) is 65.2 Å². The van der Waals surface area contributed by atoms with Crippen molar-refractivity contribution in [3.8, 4) is 6.07 Å². The highest BCUT2D eigenvalue weighted by Gasteiger charge is 2.36. The van der Waals surface area contributed by atoms with Crippen molar-refractivity contribution in [2.45, 2.75) is 82.9 Å². The molecule has 0 unspecified atom stereocenters. The number of likely N-dealkylation sites (tertiary alicyclic amines) is 1. The van der Waals surface area contributed by atoms with Crippen LogP contribution in [-0.4, -0.2) is 47.6 Å². The normalized spacial score (nSPS) is 25.3. The van der Waals surface area contributed by atoms with Crippen LogP contribution in [0.4, 0.5) is 0 Å². The molecule has 1 saturated carbocycles. The Morgan fingerprint density at radius 1 is 1.29 bits per heavy atom. The molecule has 2 fully saturated rings. The van der Waals surface area contributed by atoms with Crippen molar-refractivity contribution in [3.63, 3.8) is 0 Å². The van der Waals surface area contributed by atoms with Gasteiger partial charge in [-0.05, 0) is 45.7 Å². The third-order valence-corrected chi connectivity index (χ3v) is 5.24. The van der Waals surface area contributed by atoms with E-state index in [-0.39, 0.29) is 17.9 Å². The van der Waals surface area contributed by atoms with E-state index in [1.165, 1.54) is 0 Å². The van der Waals surface area contributed by atoms with E-state index in [4.69, 9.17) is 4.74 Å². The van der Waals surface area contributed by atoms with Crippen molar-refractivity contribution in [2.24, 2.45) is 0 Å². The summed E-state index contributed by atoms with van der Waals surface area (Å²) in [5, 5.41) is 12.3. The second-order valence-electron chi connectivity index (χ2n) is 6.96. The molecule has 2 rings (SSSR count). The SMILES string of the molecule is CCN1CCCC[C@@H]1C(=O)O[C@@H](C)C(=O)NC1(C#N)CCCCC1. The van der Waals surface area contributed by atoms with Gasteiger partial charge in [-0.3, -0.25) is 14.5 Å². The number of carbonyl (C=O) groups is 2. The number of amides is 1. The van der Waals surface area contributed by atoms with E-state index in [1.54, 1.807) is 6.92 Å². The number of likely N-dealkylation sites (N-methyl/N-ethyl adjacent to an activating group) is 1. The van der Waals surface area contributed by atoms with Crippen LogP contribution in [0.15, 0.2) is 0 Å². The average Bonchev–Trinajstić information content (AvgIpc) is 2.62. The molecule has 1 aliphatic heterocycles. The molecule has 1 heterocycles. The van der Waals surface area contributed by atoms with Crippen LogP contribution in [0.5, 0.6) is 0 Å². The van der Waals surface area contributed by atoms with Crippen LogP contribution in [0.25, 0.3) is 0 Å². The van der Waals surface area contributed by atoms with Crippen molar-refractivity contribution in [3.05, 3.63) is 0 Å². The van der Waals surface area contributed by atoms with E-state index in [9.17, 15) is 14.9 Å². The number of hydrogen-bond donors (Lipinski definition) is 1. The third kappa shape index (κ3) is 4.47. The molecule has 0 spiro atoms. The molecule has 134 valence electrons. The first kappa shape index (κ1) is 18.7. The van der Waals surface area contributed by atoms with Crippen LogP contribution < -0.4 is 5.32 Å². The van der Waals surface area contributed by atoms with Gasteiger partial charge in [0.15, 0.2) is 6.10 Å². The largest absolute Gasteiger partial charge is 0.451 e. The van der Waals surface area contributed by atoms with Crippen molar-refractivity contribution in [1.82, 2.24) is 10.2 Å². The quantitative estimate of drug-likeness (QED) is 0.778. The molecular formula is C18H29N3O3. The first-order valence-corrected chi connectivity index (χ1v) is 9.19. The van der Waals surface area contributed by atoms with Gasteiger partial charge in [0.1, 0.15) is 11.6 Å². The van der Waals surface area contributed by atoms with E-state index >= 15 is 0 Å². The van der Waals surface area contributed by atoms with Crippen LogP contribution >= 0.6 is 0 Å². The van der Waals surface area contributed by atoms with Crippen LogP contribution in [0.3, 0.4) is 0 Å². The molecule has 0 aromatic carbocycles. The summed E-state index contributed by atoms with van der Waals surface area (Å²) < 4.78 is 5.41. The van der Waals surface area contributed by atoms with Gasteiger partial charge in [0.25, 0.3) is 5.91 Å². The molecule has 1 aliphatic carbocycles. The lowest BCUT2D eigenvalue weighted by atomic mass is 9.83.